The molecule has 5 rings (SSSR count). The number of aliphatic hydroxyl groups excluding tert-OH is 1. The summed E-state index contributed by atoms with van der Waals surface area (Å²) in [6, 6.07) is 5.76. The lowest BCUT2D eigenvalue weighted by molar-refractivity contribution is 0.194. The summed E-state index contributed by atoms with van der Waals surface area (Å²) in [5, 5.41) is 22.9. The zero-order chi connectivity index (χ0) is 22.8. The third-order valence-corrected chi connectivity index (χ3v) is 6.37. The topological polar surface area (TPSA) is 106 Å². The summed E-state index contributed by atoms with van der Waals surface area (Å²) in [6.45, 7) is 7.57. The van der Waals surface area contributed by atoms with E-state index in [-0.39, 0.29) is 0 Å². The molecule has 3 aromatic heterocycles. The van der Waals surface area contributed by atoms with Crippen molar-refractivity contribution in [3.8, 4) is 0 Å². The smallest absolute Gasteiger partial charge is 0.229 e. The highest BCUT2D eigenvalue weighted by Gasteiger charge is 2.20. The molecule has 0 saturated carbocycles. The number of rotatable bonds is 5. The fraction of sp³-hybridized carbons (Fsp3) is 0.522. The maximum Gasteiger partial charge on any atom is 0.229 e. The number of nitrogens with zero attached hydrogens (tertiary/aromatic N) is 8. The largest absolute Gasteiger partial charge is 0.387 e. The SMILES string of the molecule is CC(O)c1cc2cnc(Nc3ccc(N4CCN(C)CC4)nn3)nc2c(N2CCCCC2)n1. The average Bonchev–Trinajstić information content (AvgIpc) is 2.85. The molecule has 174 valence electrons. The minimum Gasteiger partial charge on any atom is -0.387 e. The first-order valence-corrected chi connectivity index (χ1v) is 11.7. The van der Waals surface area contributed by atoms with Gasteiger partial charge in [0.05, 0.1) is 11.8 Å². The van der Waals surface area contributed by atoms with Crippen LogP contribution in [0, 0.1) is 0 Å². The van der Waals surface area contributed by atoms with E-state index in [0.717, 1.165) is 74.6 Å². The van der Waals surface area contributed by atoms with Gasteiger partial charge in [-0.05, 0) is 51.4 Å². The molecule has 3 aromatic rings. The van der Waals surface area contributed by atoms with Gasteiger partial charge in [-0.3, -0.25) is 0 Å². The van der Waals surface area contributed by atoms with Gasteiger partial charge in [-0.1, -0.05) is 0 Å². The van der Waals surface area contributed by atoms with E-state index >= 15 is 0 Å². The van der Waals surface area contributed by atoms with Crippen LogP contribution < -0.4 is 15.1 Å². The van der Waals surface area contributed by atoms with Crippen LogP contribution in [0.4, 0.5) is 23.4 Å². The predicted octanol–water partition coefficient (Wildman–Crippen LogP) is 2.35. The highest BCUT2D eigenvalue weighted by atomic mass is 16.3. The molecule has 2 fully saturated rings. The molecule has 0 amide bonds. The number of pyridine rings is 1. The second-order valence-electron chi connectivity index (χ2n) is 8.92. The van der Waals surface area contributed by atoms with E-state index in [1.165, 1.54) is 6.42 Å². The van der Waals surface area contributed by atoms with Gasteiger partial charge >= 0.3 is 0 Å². The summed E-state index contributed by atoms with van der Waals surface area (Å²) in [5.41, 5.74) is 1.42. The molecular formula is C23H31N9O. The molecule has 10 heteroatoms. The normalized spacial score (nSPS) is 18.5. The van der Waals surface area contributed by atoms with E-state index in [4.69, 9.17) is 9.97 Å². The Morgan fingerprint density at radius 1 is 0.939 bits per heavy atom. The lowest BCUT2D eigenvalue weighted by Crippen LogP contribution is -2.44. The molecule has 0 aliphatic carbocycles. The van der Waals surface area contributed by atoms with Crippen LogP contribution in [0.15, 0.2) is 24.4 Å². The summed E-state index contributed by atoms with van der Waals surface area (Å²) in [6.07, 6.45) is 4.62. The Hall–Kier alpha value is -3.11. The third kappa shape index (κ3) is 4.81. The van der Waals surface area contributed by atoms with Gasteiger partial charge in [0.25, 0.3) is 0 Å². The highest BCUT2D eigenvalue weighted by molar-refractivity contribution is 5.89. The van der Waals surface area contributed by atoms with Crippen LogP contribution in [0.5, 0.6) is 0 Å². The lowest BCUT2D eigenvalue weighted by Gasteiger charge is -2.32. The molecule has 0 radical (unpaired) electrons. The van der Waals surface area contributed by atoms with Gasteiger partial charge in [0.15, 0.2) is 17.5 Å². The number of piperidine rings is 1. The van der Waals surface area contributed by atoms with Gasteiger partial charge in [0.2, 0.25) is 5.95 Å². The van der Waals surface area contributed by atoms with Crippen molar-refractivity contribution in [1.29, 1.82) is 0 Å². The molecule has 33 heavy (non-hydrogen) atoms. The molecule has 2 saturated heterocycles. The summed E-state index contributed by atoms with van der Waals surface area (Å²) in [5.74, 6) is 2.75. The molecule has 0 aromatic carbocycles. The first-order chi connectivity index (χ1) is 16.1. The Morgan fingerprint density at radius 2 is 1.73 bits per heavy atom. The lowest BCUT2D eigenvalue weighted by atomic mass is 10.1. The van der Waals surface area contributed by atoms with Gasteiger partial charge in [-0.25, -0.2) is 15.0 Å². The minimum absolute atomic E-state index is 0.453. The van der Waals surface area contributed by atoms with E-state index in [0.29, 0.717) is 17.5 Å². The number of likely N-dealkylation sites (N-methyl/N-ethyl adjacent to an activating group) is 1. The Labute approximate surface area is 193 Å². The predicted molar refractivity (Wildman–Crippen MR) is 129 cm³/mol. The van der Waals surface area contributed by atoms with Crippen molar-refractivity contribution in [2.45, 2.75) is 32.3 Å². The van der Waals surface area contributed by atoms with Crippen molar-refractivity contribution in [3.63, 3.8) is 0 Å². The molecule has 0 spiro atoms. The first-order valence-electron chi connectivity index (χ1n) is 11.7. The number of nitrogens with one attached hydrogen (secondary N) is 1. The van der Waals surface area contributed by atoms with Gasteiger partial charge in [-0.2, -0.15) is 0 Å². The summed E-state index contributed by atoms with van der Waals surface area (Å²) < 4.78 is 0. The molecule has 2 aliphatic rings. The molecule has 2 N–H and O–H groups in total. The van der Waals surface area contributed by atoms with Crippen LogP contribution in [-0.2, 0) is 0 Å². The number of anilines is 4. The first kappa shape index (κ1) is 21.7. The van der Waals surface area contributed by atoms with Crippen LogP contribution in [0.25, 0.3) is 10.9 Å². The van der Waals surface area contributed by atoms with Crippen molar-refractivity contribution in [1.82, 2.24) is 30.0 Å². The average molecular weight is 450 g/mol. The van der Waals surface area contributed by atoms with Gasteiger partial charge < -0.3 is 25.1 Å². The molecule has 5 heterocycles. The molecular weight excluding hydrogens is 418 g/mol. The second-order valence-corrected chi connectivity index (χ2v) is 8.92. The van der Waals surface area contributed by atoms with Crippen molar-refractivity contribution in [3.05, 3.63) is 30.1 Å². The van der Waals surface area contributed by atoms with Crippen LogP contribution in [-0.4, -0.2) is 81.5 Å². The molecule has 1 atom stereocenters. The van der Waals surface area contributed by atoms with Crippen LogP contribution >= 0.6 is 0 Å². The van der Waals surface area contributed by atoms with Crippen LogP contribution in [0.2, 0.25) is 0 Å². The standard InChI is InChI=1S/C23H31N9O/c1-16(33)18-14-17-15-24-23(27-21(17)22(25-18)32-8-4-3-5-9-32)26-19-6-7-20(29-28-19)31-12-10-30(2)11-13-31/h6-7,14-16,33H,3-5,8-13H2,1-2H3,(H,24,26,27,28). The van der Waals surface area contributed by atoms with Crippen molar-refractivity contribution in [2.75, 3.05) is 61.4 Å². The van der Waals surface area contributed by atoms with Gasteiger partial charge in [0, 0.05) is 50.9 Å². The molecule has 2 aliphatic heterocycles. The minimum atomic E-state index is -0.648. The Morgan fingerprint density at radius 3 is 2.42 bits per heavy atom. The number of hydrogen-bond acceptors (Lipinski definition) is 10. The van der Waals surface area contributed by atoms with Crippen molar-refractivity contribution in [2.24, 2.45) is 0 Å². The van der Waals surface area contributed by atoms with E-state index in [9.17, 15) is 5.11 Å². The van der Waals surface area contributed by atoms with Gasteiger partial charge in [-0.15, -0.1) is 10.2 Å². The third-order valence-electron chi connectivity index (χ3n) is 6.37. The number of piperazine rings is 1. The van der Waals surface area contributed by atoms with Crippen LogP contribution in [0.3, 0.4) is 0 Å². The number of hydrogen-bond donors (Lipinski definition) is 2. The van der Waals surface area contributed by atoms with E-state index in [1.807, 2.05) is 18.2 Å². The zero-order valence-corrected chi connectivity index (χ0v) is 19.3. The number of fused-ring (bicyclic) bond motifs is 1. The van der Waals surface area contributed by atoms with Crippen molar-refractivity contribution < 1.29 is 5.11 Å². The highest BCUT2D eigenvalue weighted by Crippen LogP contribution is 2.29. The van der Waals surface area contributed by atoms with E-state index < -0.39 is 6.10 Å². The van der Waals surface area contributed by atoms with Gasteiger partial charge in [0.1, 0.15) is 5.52 Å². The summed E-state index contributed by atoms with van der Waals surface area (Å²) >= 11 is 0. The van der Waals surface area contributed by atoms with Crippen LogP contribution in [0.1, 0.15) is 38.0 Å². The fourth-order valence-electron chi connectivity index (χ4n) is 4.35. The van der Waals surface area contributed by atoms with Crippen molar-refractivity contribution >= 4 is 34.3 Å². The number of aliphatic hydroxyl groups is 1. The Kier molecular flexibility index (Phi) is 6.19. The van der Waals surface area contributed by atoms with E-state index in [2.05, 4.69) is 42.2 Å². The second kappa shape index (κ2) is 9.40. The van der Waals surface area contributed by atoms with E-state index in [1.54, 1.807) is 13.1 Å². The Bertz CT molecular complexity index is 1090. The monoisotopic (exact) mass is 449 g/mol. The fourth-order valence-corrected chi connectivity index (χ4v) is 4.35. The summed E-state index contributed by atoms with van der Waals surface area (Å²) in [7, 11) is 2.14. The number of aromatic nitrogens is 5. The molecule has 10 nitrogen and oxygen atoms in total. The Balaban J connectivity index is 1.40. The maximum atomic E-state index is 10.1. The molecule has 0 bridgehead atoms. The summed E-state index contributed by atoms with van der Waals surface area (Å²) in [4.78, 5) is 20.8. The molecule has 1 unspecified atom stereocenters. The maximum absolute atomic E-state index is 10.1. The quantitative estimate of drug-likeness (QED) is 0.603. The zero-order valence-electron chi connectivity index (χ0n) is 19.3.